The summed E-state index contributed by atoms with van der Waals surface area (Å²) < 4.78 is 5.67. The molecule has 0 saturated heterocycles. The topological polar surface area (TPSA) is 91.5 Å². The zero-order chi connectivity index (χ0) is 20.0. The molecule has 2 N–H and O–H groups in total. The summed E-state index contributed by atoms with van der Waals surface area (Å²) in [5.41, 5.74) is 1.57. The molecule has 2 amide bonds. The summed E-state index contributed by atoms with van der Waals surface area (Å²) in [6, 6.07) is 8.54. The van der Waals surface area contributed by atoms with Gasteiger partial charge in [0.05, 0.1) is 6.04 Å². The Bertz CT molecular complexity index is 826. The Morgan fingerprint density at radius 1 is 1.22 bits per heavy atom. The Hall–Kier alpha value is -3.09. The molecule has 2 rings (SSSR count). The van der Waals surface area contributed by atoms with Gasteiger partial charge in [-0.1, -0.05) is 25.1 Å². The van der Waals surface area contributed by atoms with Crippen molar-refractivity contribution >= 4 is 17.6 Å². The van der Waals surface area contributed by atoms with Crippen LogP contribution in [0.5, 0.6) is 5.75 Å². The SMILES string of the molecule is CC[C@H](NC(=O)c1cc(C(C)=O)c[nH]1)c1ccccc1OCC(=O)N(C)C. The van der Waals surface area contributed by atoms with Crippen LogP contribution in [0, 0.1) is 0 Å². The highest BCUT2D eigenvalue weighted by Gasteiger charge is 2.19. The minimum atomic E-state index is -0.312. The number of aromatic nitrogens is 1. The smallest absolute Gasteiger partial charge is 0.268 e. The van der Waals surface area contributed by atoms with Crippen LogP contribution in [0.25, 0.3) is 0 Å². The van der Waals surface area contributed by atoms with Crippen LogP contribution < -0.4 is 10.1 Å². The zero-order valence-corrected chi connectivity index (χ0v) is 16.0. The van der Waals surface area contributed by atoms with E-state index in [-0.39, 0.29) is 30.2 Å². The average Bonchev–Trinajstić information content (AvgIpc) is 3.15. The van der Waals surface area contributed by atoms with E-state index in [1.165, 1.54) is 24.1 Å². The third kappa shape index (κ3) is 5.20. The van der Waals surface area contributed by atoms with Crippen molar-refractivity contribution in [1.82, 2.24) is 15.2 Å². The summed E-state index contributed by atoms with van der Waals surface area (Å²) in [5, 5.41) is 2.95. The van der Waals surface area contributed by atoms with E-state index in [0.717, 1.165) is 5.56 Å². The van der Waals surface area contributed by atoms with Crippen LogP contribution in [0.4, 0.5) is 0 Å². The zero-order valence-electron chi connectivity index (χ0n) is 16.0. The number of benzene rings is 1. The molecule has 0 aliphatic rings. The van der Waals surface area contributed by atoms with Crippen molar-refractivity contribution in [2.75, 3.05) is 20.7 Å². The van der Waals surface area contributed by atoms with Gasteiger partial charge in [0.2, 0.25) is 0 Å². The lowest BCUT2D eigenvalue weighted by Crippen LogP contribution is -2.30. The molecular formula is C20H25N3O4. The van der Waals surface area contributed by atoms with E-state index in [0.29, 0.717) is 23.4 Å². The molecule has 7 heteroatoms. The fourth-order valence-corrected chi connectivity index (χ4v) is 2.53. The Labute approximate surface area is 158 Å². The van der Waals surface area contributed by atoms with E-state index in [1.807, 2.05) is 25.1 Å². The molecule has 0 aliphatic carbocycles. The van der Waals surface area contributed by atoms with Crippen LogP contribution >= 0.6 is 0 Å². The fraction of sp³-hybridized carbons (Fsp3) is 0.350. The molecule has 7 nitrogen and oxygen atoms in total. The second-order valence-electron chi connectivity index (χ2n) is 6.41. The van der Waals surface area contributed by atoms with E-state index in [9.17, 15) is 14.4 Å². The number of Topliss-reactive ketones (excluding diaryl/α,β-unsaturated/α-hetero) is 1. The molecule has 27 heavy (non-hydrogen) atoms. The Balaban J connectivity index is 2.15. The first-order valence-electron chi connectivity index (χ1n) is 8.75. The van der Waals surface area contributed by atoms with E-state index < -0.39 is 0 Å². The van der Waals surface area contributed by atoms with E-state index in [1.54, 1.807) is 20.2 Å². The first-order valence-corrected chi connectivity index (χ1v) is 8.75. The maximum atomic E-state index is 12.5. The van der Waals surface area contributed by atoms with E-state index in [4.69, 9.17) is 4.74 Å². The van der Waals surface area contributed by atoms with Gasteiger partial charge in [0.25, 0.3) is 11.8 Å². The number of amides is 2. The molecule has 1 aromatic heterocycles. The maximum absolute atomic E-state index is 12.5. The van der Waals surface area contributed by atoms with Crippen LogP contribution in [0.2, 0.25) is 0 Å². The number of ether oxygens (including phenoxy) is 1. The first-order chi connectivity index (χ1) is 12.8. The van der Waals surface area contributed by atoms with Gasteiger partial charge in [-0.2, -0.15) is 0 Å². The van der Waals surface area contributed by atoms with Gasteiger partial charge in [0, 0.05) is 31.4 Å². The van der Waals surface area contributed by atoms with Gasteiger partial charge in [-0.25, -0.2) is 0 Å². The van der Waals surface area contributed by atoms with Gasteiger partial charge in [0.15, 0.2) is 12.4 Å². The molecule has 2 aromatic rings. The highest BCUT2D eigenvalue weighted by Crippen LogP contribution is 2.27. The number of likely N-dealkylation sites (N-methyl/N-ethyl adjacent to an activating group) is 1. The van der Waals surface area contributed by atoms with Crippen molar-refractivity contribution < 1.29 is 19.1 Å². The van der Waals surface area contributed by atoms with Crippen LogP contribution in [-0.2, 0) is 4.79 Å². The highest BCUT2D eigenvalue weighted by molar-refractivity contribution is 5.99. The number of carbonyl (C=O) groups is 3. The Kier molecular flexibility index (Phi) is 6.76. The number of H-pyrrole nitrogens is 1. The number of hydrogen-bond donors (Lipinski definition) is 2. The largest absolute Gasteiger partial charge is 0.483 e. The third-order valence-electron chi connectivity index (χ3n) is 4.19. The lowest BCUT2D eigenvalue weighted by molar-refractivity contribution is -0.130. The van der Waals surface area contributed by atoms with Gasteiger partial charge in [-0.05, 0) is 25.5 Å². The predicted molar refractivity (Wildman–Crippen MR) is 102 cm³/mol. The number of ketones is 1. The summed E-state index contributed by atoms with van der Waals surface area (Å²) in [6.07, 6.45) is 2.15. The number of nitrogens with one attached hydrogen (secondary N) is 2. The predicted octanol–water partition coefficient (Wildman–Crippen LogP) is 2.57. The second kappa shape index (κ2) is 9.02. The molecule has 0 spiro atoms. The number of aromatic amines is 1. The second-order valence-corrected chi connectivity index (χ2v) is 6.41. The van der Waals surface area contributed by atoms with Crippen LogP contribution in [0.1, 0.15) is 52.7 Å². The summed E-state index contributed by atoms with van der Waals surface area (Å²) in [6.45, 7) is 3.32. The lowest BCUT2D eigenvalue weighted by atomic mass is 10.0. The number of nitrogens with zero attached hydrogens (tertiary/aromatic N) is 1. The minimum absolute atomic E-state index is 0.0764. The Morgan fingerprint density at radius 3 is 2.52 bits per heavy atom. The van der Waals surface area contributed by atoms with Crippen LogP contribution in [0.15, 0.2) is 36.5 Å². The highest BCUT2D eigenvalue weighted by atomic mass is 16.5. The molecule has 0 bridgehead atoms. The molecular weight excluding hydrogens is 346 g/mol. The van der Waals surface area contributed by atoms with Crippen molar-refractivity contribution in [1.29, 1.82) is 0 Å². The molecule has 0 fully saturated rings. The van der Waals surface area contributed by atoms with Crippen molar-refractivity contribution in [2.24, 2.45) is 0 Å². The van der Waals surface area contributed by atoms with Gasteiger partial charge >= 0.3 is 0 Å². The Morgan fingerprint density at radius 2 is 1.93 bits per heavy atom. The minimum Gasteiger partial charge on any atom is -0.483 e. The normalized spacial score (nSPS) is 11.6. The van der Waals surface area contributed by atoms with E-state index >= 15 is 0 Å². The standard InChI is InChI=1S/C20H25N3O4/c1-5-16(22-20(26)17-10-14(11-21-17)13(2)24)15-8-6-7-9-18(15)27-12-19(25)23(3)4/h6-11,16,21H,5,12H2,1-4H3,(H,22,26)/t16-/m0/s1. The third-order valence-corrected chi connectivity index (χ3v) is 4.19. The monoisotopic (exact) mass is 371 g/mol. The van der Waals surface area contributed by atoms with Crippen molar-refractivity contribution in [3.05, 3.63) is 53.3 Å². The number of rotatable bonds is 8. The van der Waals surface area contributed by atoms with Crippen molar-refractivity contribution in [3.8, 4) is 5.75 Å². The number of para-hydroxylation sites is 1. The molecule has 0 radical (unpaired) electrons. The van der Waals surface area contributed by atoms with Gasteiger partial charge in [0.1, 0.15) is 11.4 Å². The van der Waals surface area contributed by atoms with Crippen molar-refractivity contribution in [3.63, 3.8) is 0 Å². The summed E-state index contributed by atoms with van der Waals surface area (Å²) in [4.78, 5) is 40.0. The van der Waals surface area contributed by atoms with E-state index in [2.05, 4.69) is 10.3 Å². The van der Waals surface area contributed by atoms with Gasteiger partial charge in [-0.15, -0.1) is 0 Å². The summed E-state index contributed by atoms with van der Waals surface area (Å²) in [5.74, 6) is -0.0176. The fourth-order valence-electron chi connectivity index (χ4n) is 2.53. The molecule has 144 valence electrons. The summed E-state index contributed by atoms with van der Waals surface area (Å²) >= 11 is 0. The van der Waals surface area contributed by atoms with Gasteiger partial charge < -0.3 is 19.9 Å². The maximum Gasteiger partial charge on any atom is 0.268 e. The average molecular weight is 371 g/mol. The number of hydrogen-bond acceptors (Lipinski definition) is 4. The molecule has 1 heterocycles. The quantitative estimate of drug-likeness (QED) is 0.698. The van der Waals surface area contributed by atoms with Crippen molar-refractivity contribution in [2.45, 2.75) is 26.3 Å². The molecule has 0 aliphatic heterocycles. The molecule has 1 atom stereocenters. The molecule has 1 aromatic carbocycles. The van der Waals surface area contributed by atoms with Crippen LogP contribution in [0.3, 0.4) is 0 Å². The first kappa shape index (κ1) is 20.2. The van der Waals surface area contributed by atoms with Crippen LogP contribution in [-0.4, -0.2) is 48.2 Å². The molecule has 0 unspecified atom stereocenters. The van der Waals surface area contributed by atoms with Gasteiger partial charge in [-0.3, -0.25) is 14.4 Å². The lowest BCUT2D eigenvalue weighted by Gasteiger charge is -2.21. The summed E-state index contributed by atoms with van der Waals surface area (Å²) in [7, 11) is 3.33. The number of carbonyl (C=O) groups excluding carboxylic acids is 3. The molecule has 0 saturated carbocycles.